The Balaban J connectivity index is 1.36. The van der Waals surface area contributed by atoms with Crippen LogP contribution in [0.5, 0.6) is 11.5 Å². The molecule has 0 unspecified atom stereocenters. The molecule has 2 heterocycles. The van der Waals surface area contributed by atoms with Crippen LogP contribution in [0.15, 0.2) is 76.0 Å². The molecule has 0 bridgehead atoms. The van der Waals surface area contributed by atoms with Crippen LogP contribution in [0.3, 0.4) is 0 Å². The minimum atomic E-state index is -3.90. The lowest BCUT2D eigenvalue weighted by atomic mass is 10.3. The Bertz CT molecular complexity index is 1460. The van der Waals surface area contributed by atoms with Gasteiger partial charge in [0.05, 0.1) is 12.0 Å². The lowest BCUT2D eigenvalue weighted by Gasteiger charge is -2.09. The second kappa shape index (κ2) is 10.5. The van der Waals surface area contributed by atoms with E-state index in [9.17, 15) is 13.2 Å². The Hall–Kier alpha value is -4.38. The predicted octanol–water partition coefficient (Wildman–Crippen LogP) is 4.33. The van der Waals surface area contributed by atoms with Crippen molar-refractivity contribution in [2.45, 2.75) is 25.3 Å². The molecule has 0 fully saturated rings. The van der Waals surface area contributed by atoms with E-state index in [-0.39, 0.29) is 23.2 Å². The van der Waals surface area contributed by atoms with Crippen LogP contribution in [0.4, 0.5) is 11.6 Å². The summed E-state index contributed by atoms with van der Waals surface area (Å²) in [5.41, 5.74) is 1.68. The number of nitrogens with one attached hydrogen (secondary N) is 2. The topological polar surface area (TPSA) is 133 Å². The minimum absolute atomic E-state index is 0.00163. The highest BCUT2D eigenvalue weighted by Crippen LogP contribution is 2.21. The number of carbonyl (C=O) groups excluding carboxylic acids is 1. The maximum atomic E-state index is 12.7. The summed E-state index contributed by atoms with van der Waals surface area (Å²) in [6.07, 6.45) is 0. The quantitative estimate of drug-likeness (QED) is 0.341. The van der Waals surface area contributed by atoms with Gasteiger partial charge >= 0.3 is 0 Å². The first-order valence-electron chi connectivity index (χ1n) is 10.8. The van der Waals surface area contributed by atoms with E-state index < -0.39 is 15.9 Å². The van der Waals surface area contributed by atoms with E-state index in [1.807, 2.05) is 0 Å². The fourth-order valence-electron chi connectivity index (χ4n) is 3.28. The summed E-state index contributed by atoms with van der Waals surface area (Å²) < 4.78 is 44.1. The number of methoxy groups -OCH3 is 1. The Morgan fingerprint density at radius 2 is 1.64 bits per heavy atom. The number of aryl methyl sites for hydroxylation is 2. The number of carbonyl (C=O) groups is 1. The number of aromatic nitrogens is 2. The normalized spacial score (nSPS) is 11.1. The molecule has 0 radical (unpaired) electrons. The van der Waals surface area contributed by atoms with Gasteiger partial charge < -0.3 is 19.2 Å². The summed E-state index contributed by atoms with van der Waals surface area (Å²) in [5.74, 6) is 1.33. The highest BCUT2D eigenvalue weighted by Gasteiger charge is 2.17. The number of nitrogens with zero attached hydrogens (tertiary/aromatic N) is 2. The summed E-state index contributed by atoms with van der Waals surface area (Å²) in [6, 6.07) is 17.8. The van der Waals surface area contributed by atoms with Crippen LogP contribution in [-0.4, -0.2) is 31.4 Å². The number of ether oxygens (including phenoxy) is 2. The van der Waals surface area contributed by atoms with Crippen molar-refractivity contribution in [2.24, 2.45) is 0 Å². The third-order valence-corrected chi connectivity index (χ3v) is 6.28. The van der Waals surface area contributed by atoms with Crippen LogP contribution in [0.1, 0.15) is 27.7 Å². The van der Waals surface area contributed by atoms with E-state index in [0.29, 0.717) is 34.3 Å². The molecule has 1 amide bonds. The first kappa shape index (κ1) is 24.7. The summed E-state index contributed by atoms with van der Waals surface area (Å²) in [7, 11) is -2.33. The summed E-state index contributed by atoms with van der Waals surface area (Å²) >= 11 is 0. The third kappa shape index (κ3) is 6.19. The Kier molecular flexibility index (Phi) is 7.20. The molecule has 0 saturated carbocycles. The van der Waals surface area contributed by atoms with Gasteiger partial charge in [-0.3, -0.25) is 4.79 Å². The van der Waals surface area contributed by atoms with E-state index in [1.165, 1.54) is 30.3 Å². The molecule has 2 aromatic carbocycles. The standard InChI is InChI=1S/C25H24N4O6S/c1-16-13-17(2)27-25(26-16)29-36(31,32)22-10-7-18(8-11-22)28-24(30)23-12-9-21(35-23)15-34-20-6-4-5-19(14-20)33-3/h4-14H,15H2,1-3H3,(H,28,30)(H,26,27,29). The van der Waals surface area contributed by atoms with Gasteiger partial charge in [0.15, 0.2) is 5.76 Å². The van der Waals surface area contributed by atoms with E-state index in [4.69, 9.17) is 13.9 Å². The van der Waals surface area contributed by atoms with Crippen LogP contribution >= 0.6 is 0 Å². The lowest BCUT2D eigenvalue weighted by Crippen LogP contribution is -2.16. The highest BCUT2D eigenvalue weighted by molar-refractivity contribution is 7.92. The summed E-state index contributed by atoms with van der Waals surface area (Å²) in [5, 5.41) is 2.67. The van der Waals surface area contributed by atoms with Gasteiger partial charge in [-0.25, -0.2) is 23.1 Å². The number of sulfonamides is 1. The summed E-state index contributed by atoms with van der Waals surface area (Å²) in [6.45, 7) is 3.63. The zero-order chi connectivity index (χ0) is 25.7. The van der Waals surface area contributed by atoms with Gasteiger partial charge in [-0.1, -0.05) is 6.07 Å². The number of benzene rings is 2. The van der Waals surface area contributed by atoms with Gasteiger partial charge in [-0.05, 0) is 68.4 Å². The molecule has 0 aliphatic carbocycles. The lowest BCUT2D eigenvalue weighted by molar-refractivity contribution is 0.0992. The van der Waals surface area contributed by atoms with Crippen molar-refractivity contribution in [1.82, 2.24) is 9.97 Å². The molecule has 0 aliphatic rings. The zero-order valence-corrected chi connectivity index (χ0v) is 20.6. The predicted molar refractivity (Wildman–Crippen MR) is 133 cm³/mol. The number of amides is 1. The van der Waals surface area contributed by atoms with Crippen LogP contribution in [0, 0.1) is 13.8 Å². The van der Waals surface area contributed by atoms with E-state index in [2.05, 4.69) is 20.0 Å². The minimum Gasteiger partial charge on any atom is -0.497 e. The molecule has 4 rings (SSSR count). The molecule has 2 N–H and O–H groups in total. The number of hydrogen-bond donors (Lipinski definition) is 2. The number of anilines is 2. The molecule has 0 atom stereocenters. The fourth-order valence-corrected chi connectivity index (χ4v) is 4.23. The molecule has 0 saturated heterocycles. The van der Waals surface area contributed by atoms with Crippen LogP contribution in [0.25, 0.3) is 0 Å². The van der Waals surface area contributed by atoms with E-state index in [0.717, 1.165) is 0 Å². The van der Waals surface area contributed by atoms with Crippen molar-refractivity contribution < 1.29 is 27.1 Å². The Labute approximate surface area is 208 Å². The maximum absolute atomic E-state index is 12.7. The Morgan fingerprint density at radius 3 is 2.33 bits per heavy atom. The van der Waals surface area contributed by atoms with Crippen molar-refractivity contribution in [3.05, 3.63) is 89.6 Å². The molecule has 2 aromatic heterocycles. The maximum Gasteiger partial charge on any atom is 0.291 e. The van der Waals surface area contributed by atoms with Gasteiger partial charge in [-0.2, -0.15) is 0 Å². The smallest absolute Gasteiger partial charge is 0.291 e. The van der Waals surface area contributed by atoms with Gasteiger partial charge in [0, 0.05) is 23.1 Å². The first-order chi connectivity index (χ1) is 17.2. The largest absolute Gasteiger partial charge is 0.497 e. The second-order valence-corrected chi connectivity index (χ2v) is 9.47. The molecule has 186 valence electrons. The molecule has 0 aliphatic heterocycles. The van der Waals surface area contributed by atoms with Gasteiger partial charge in [-0.15, -0.1) is 0 Å². The van der Waals surface area contributed by atoms with Crippen LogP contribution in [0.2, 0.25) is 0 Å². The molecule has 36 heavy (non-hydrogen) atoms. The number of rotatable bonds is 9. The fraction of sp³-hybridized carbons (Fsp3) is 0.160. The molecule has 10 nitrogen and oxygen atoms in total. The monoisotopic (exact) mass is 508 g/mol. The second-order valence-electron chi connectivity index (χ2n) is 7.79. The average Bonchev–Trinajstić information content (AvgIpc) is 3.32. The van der Waals surface area contributed by atoms with Crippen molar-refractivity contribution in [3.8, 4) is 11.5 Å². The van der Waals surface area contributed by atoms with Crippen molar-refractivity contribution in [2.75, 3.05) is 17.1 Å². The van der Waals surface area contributed by atoms with Crippen LogP contribution < -0.4 is 19.5 Å². The Morgan fingerprint density at radius 1 is 0.944 bits per heavy atom. The molecule has 0 spiro atoms. The zero-order valence-electron chi connectivity index (χ0n) is 19.8. The van der Waals surface area contributed by atoms with Gasteiger partial charge in [0.1, 0.15) is 23.9 Å². The van der Waals surface area contributed by atoms with Crippen LogP contribution in [-0.2, 0) is 16.6 Å². The van der Waals surface area contributed by atoms with Gasteiger partial charge in [0.25, 0.3) is 15.9 Å². The molecule has 4 aromatic rings. The van der Waals surface area contributed by atoms with Crippen molar-refractivity contribution in [1.29, 1.82) is 0 Å². The first-order valence-corrected chi connectivity index (χ1v) is 12.3. The molecular weight excluding hydrogens is 484 g/mol. The SMILES string of the molecule is COc1cccc(OCc2ccc(C(=O)Nc3ccc(S(=O)(=O)Nc4nc(C)cc(C)n4)cc3)o2)c1. The van der Waals surface area contributed by atoms with Gasteiger partial charge in [0.2, 0.25) is 5.95 Å². The number of hydrogen-bond acceptors (Lipinski definition) is 8. The van der Waals surface area contributed by atoms with Crippen molar-refractivity contribution >= 4 is 27.6 Å². The third-order valence-electron chi connectivity index (χ3n) is 4.94. The average molecular weight is 509 g/mol. The van der Waals surface area contributed by atoms with E-state index in [1.54, 1.807) is 57.4 Å². The van der Waals surface area contributed by atoms with Crippen molar-refractivity contribution in [3.63, 3.8) is 0 Å². The molecule has 11 heteroatoms. The van der Waals surface area contributed by atoms with E-state index >= 15 is 0 Å². The molecular formula is C25H24N4O6S. The highest BCUT2D eigenvalue weighted by atomic mass is 32.2. The number of furan rings is 1. The summed E-state index contributed by atoms with van der Waals surface area (Å²) in [4.78, 5) is 20.7.